The van der Waals surface area contributed by atoms with E-state index in [1.807, 2.05) is 6.07 Å². The van der Waals surface area contributed by atoms with E-state index >= 15 is 0 Å². The molecule has 0 radical (unpaired) electrons. The first-order valence-corrected chi connectivity index (χ1v) is 11.0. The number of piperidine rings is 1. The van der Waals surface area contributed by atoms with Gasteiger partial charge in [-0.3, -0.25) is 0 Å². The standard InChI is InChI=1S/C20H22N6O3S/c1-29-17-4-6-18(7-5-17)30(27,28)26-10-2-3-15(13-26)19-8-9-23-20(25-19)24-16-11-21-14-22-12-16/h4-9,11-12,14-15H,2-3,10,13H2,1H3,(H,23,24,25). The second kappa shape index (κ2) is 8.72. The molecule has 1 N–H and O–H groups in total. The van der Waals surface area contributed by atoms with Gasteiger partial charge in [-0.05, 0) is 43.2 Å². The Kier molecular flexibility index (Phi) is 5.86. The van der Waals surface area contributed by atoms with Crippen LogP contribution in [0, 0.1) is 0 Å². The van der Waals surface area contributed by atoms with Crippen LogP contribution < -0.4 is 10.1 Å². The number of hydrogen-bond donors (Lipinski definition) is 1. The first kappa shape index (κ1) is 20.2. The predicted molar refractivity (Wildman–Crippen MR) is 111 cm³/mol. The van der Waals surface area contributed by atoms with E-state index in [1.54, 1.807) is 50.0 Å². The Bertz CT molecular complexity index is 1090. The number of hydrogen-bond acceptors (Lipinski definition) is 8. The SMILES string of the molecule is COc1ccc(S(=O)(=O)N2CCCC(c3ccnc(Nc4cncnc4)n3)C2)cc1. The zero-order chi connectivity index (χ0) is 21.0. The van der Waals surface area contributed by atoms with Gasteiger partial charge in [-0.15, -0.1) is 0 Å². The van der Waals surface area contributed by atoms with Crippen LogP contribution in [0.25, 0.3) is 0 Å². The maximum atomic E-state index is 13.1. The molecule has 2 aromatic heterocycles. The molecule has 1 aliphatic heterocycles. The Morgan fingerprint density at radius 2 is 1.90 bits per heavy atom. The highest BCUT2D eigenvalue weighted by molar-refractivity contribution is 7.89. The molecule has 1 aromatic carbocycles. The van der Waals surface area contributed by atoms with Crippen molar-refractivity contribution in [2.24, 2.45) is 0 Å². The smallest absolute Gasteiger partial charge is 0.243 e. The second-order valence-corrected chi connectivity index (χ2v) is 8.87. The molecule has 1 aliphatic rings. The molecule has 0 spiro atoms. The molecule has 0 bridgehead atoms. The van der Waals surface area contributed by atoms with Gasteiger partial charge in [0.05, 0.1) is 35.8 Å². The van der Waals surface area contributed by atoms with E-state index < -0.39 is 10.0 Å². The first-order valence-electron chi connectivity index (χ1n) is 9.55. The van der Waals surface area contributed by atoms with E-state index in [0.29, 0.717) is 30.5 Å². The topological polar surface area (TPSA) is 110 Å². The average Bonchev–Trinajstić information content (AvgIpc) is 2.80. The minimum absolute atomic E-state index is 0.0117. The van der Waals surface area contributed by atoms with Crippen molar-refractivity contribution >= 4 is 21.7 Å². The Hall–Kier alpha value is -3.11. The number of nitrogens with one attached hydrogen (secondary N) is 1. The molecule has 1 saturated heterocycles. The summed E-state index contributed by atoms with van der Waals surface area (Å²) in [6.45, 7) is 0.863. The predicted octanol–water partition coefficient (Wildman–Crippen LogP) is 2.59. The maximum absolute atomic E-state index is 13.1. The van der Waals surface area contributed by atoms with Crippen LogP contribution in [0.5, 0.6) is 5.75 Å². The third kappa shape index (κ3) is 4.39. The van der Waals surface area contributed by atoms with Crippen LogP contribution >= 0.6 is 0 Å². The fraction of sp³-hybridized carbons (Fsp3) is 0.300. The van der Waals surface area contributed by atoms with Crippen LogP contribution in [0.1, 0.15) is 24.5 Å². The summed E-state index contributed by atoms with van der Waals surface area (Å²) in [5, 5.41) is 3.07. The van der Waals surface area contributed by atoms with Gasteiger partial charge < -0.3 is 10.1 Å². The van der Waals surface area contributed by atoms with Crippen molar-refractivity contribution in [3.8, 4) is 5.75 Å². The molecule has 0 aliphatic carbocycles. The molecule has 1 fully saturated rings. The van der Waals surface area contributed by atoms with E-state index in [0.717, 1.165) is 18.5 Å². The summed E-state index contributed by atoms with van der Waals surface area (Å²) in [4.78, 5) is 17.0. The summed E-state index contributed by atoms with van der Waals surface area (Å²) in [7, 11) is -2.03. The molecule has 9 nitrogen and oxygen atoms in total. The van der Waals surface area contributed by atoms with Crippen LogP contribution in [-0.2, 0) is 10.0 Å². The lowest BCUT2D eigenvalue weighted by Crippen LogP contribution is -2.39. The van der Waals surface area contributed by atoms with Crippen LogP contribution in [0.2, 0.25) is 0 Å². The summed E-state index contributed by atoms with van der Waals surface area (Å²) in [5.41, 5.74) is 1.49. The zero-order valence-corrected chi connectivity index (χ0v) is 17.3. The number of aromatic nitrogens is 4. The van der Waals surface area contributed by atoms with Crippen LogP contribution in [-0.4, -0.2) is 52.9 Å². The second-order valence-electron chi connectivity index (χ2n) is 6.93. The van der Waals surface area contributed by atoms with Crippen molar-refractivity contribution in [1.82, 2.24) is 24.2 Å². The number of anilines is 2. The molecule has 3 heterocycles. The van der Waals surface area contributed by atoms with Crippen molar-refractivity contribution < 1.29 is 13.2 Å². The summed E-state index contributed by atoms with van der Waals surface area (Å²) in [5.74, 6) is 1.04. The van der Waals surface area contributed by atoms with Gasteiger partial charge in [0, 0.05) is 25.2 Å². The highest BCUT2D eigenvalue weighted by Crippen LogP contribution is 2.30. The van der Waals surface area contributed by atoms with Gasteiger partial charge in [0.25, 0.3) is 0 Å². The molecule has 156 valence electrons. The third-order valence-electron chi connectivity index (χ3n) is 4.99. The first-order chi connectivity index (χ1) is 14.6. The Morgan fingerprint density at radius 3 is 2.63 bits per heavy atom. The molecule has 30 heavy (non-hydrogen) atoms. The van der Waals surface area contributed by atoms with E-state index in [9.17, 15) is 8.42 Å². The van der Waals surface area contributed by atoms with Gasteiger partial charge in [0.15, 0.2) is 0 Å². The van der Waals surface area contributed by atoms with Gasteiger partial charge in [0.2, 0.25) is 16.0 Å². The Morgan fingerprint density at radius 1 is 1.13 bits per heavy atom. The lowest BCUT2D eigenvalue weighted by atomic mass is 9.96. The lowest BCUT2D eigenvalue weighted by Gasteiger charge is -2.31. The van der Waals surface area contributed by atoms with Crippen LogP contribution in [0.3, 0.4) is 0 Å². The van der Waals surface area contributed by atoms with Crippen LogP contribution in [0.4, 0.5) is 11.6 Å². The van der Waals surface area contributed by atoms with Crippen molar-refractivity contribution in [2.75, 3.05) is 25.5 Å². The van der Waals surface area contributed by atoms with Gasteiger partial charge in [-0.1, -0.05) is 0 Å². The summed E-state index contributed by atoms with van der Waals surface area (Å²) >= 11 is 0. The molecule has 3 aromatic rings. The van der Waals surface area contributed by atoms with Crippen molar-refractivity contribution in [1.29, 1.82) is 0 Å². The number of methoxy groups -OCH3 is 1. The molecular weight excluding hydrogens is 404 g/mol. The third-order valence-corrected chi connectivity index (χ3v) is 6.87. The van der Waals surface area contributed by atoms with Crippen molar-refractivity contribution in [3.05, 3.63) is 60.9 Å². The quantitative estimate of drug-likeness (QED) is 0.640. The van der Waals surface area contributed by atoms with Crippen LogP contribution in [0.15, 0.2) is 60.1 Å². The van der Waals surface area contributed by atoms with Crippen molar-refractivity contribution in [3.63, 3.8) is 0 Å². The summed E-state index contributed by atoms with van der Waals surface area (Å²) < 4.78 is 32.8. The molecule has 4 rings (SSSR count). The van der Waals surface area contributed by atoms with E-state index in [-0.39, 0.29) is 10.8 Å². The average molecular weight is 427 g/mol. The molecule has 1 atom stereocenters. The van der Waals surface area contributed by atoms with E-state index in [1.165, 1.54) is 10.6 Å². The molecule has 0 saturated carbocycles. The molecule has 1 unspecified atom stereocenters. The molecule has 10 heteroatoms. The highest BCUT2D eigenvalue weighted by atomic mass is 32.2. The summed E-state index contributed by atoms with van der Waals surface area (Å²) in [6, 6.07) is 8.30. The molecule has 0 amide bonds. The largest absolute Gasteiger partial charge is 0.497 e. The fourth-order valence-electron chi connectivity index (χ4n) is 3.45. The lowest BCUT2D eigenvalue weighted by molar-refractivity contribution is 0.312. The van der Waals surface area contributed by atoms with E-state index in [2.05, 4.69) is 25.3 Å². The minimum Gasteiger partial charge on any atom is -0.497 e. The van der Waals surface area contributed by atoms with Crippen molar-refractivity contribution in [2.45, 2.75) is 23.7 Å². The van der Waals surface area contributed by atoms with Gasteiger partial charge >= 0.3 is 0 Å². The number of ether oxygens (including phenoxy) is 1. The minimum atomic E-state index is -3.58. The monoisotopic (exact) mass is 426 g/mol. The Labute approximate surface area is 175 Å². The number of sulfonamides is 1. The van der Waals surface area contributed by atoms with E-state index in [4.69, 9.17) is 4.74 Å². The fourth-order valence-corrected chi connectivity index (χ4v) is 4.98. The van der Waals surface area contributed by atoms with Gasteiger partial charge in [-0.25, -0.2) is 28.4 Å². The zero-order valence-electron chi connectivity index (χ0n) is 16.5. The maximum Gasteiger partial charge on any atom is 0.243 e. The number of benzene rings is 1. The summed E-state index contributed by atoms with van der Waals surface area (Å²) in [6.07, 6.45) is 8.01. The number of nitrogens with zero attached hydrogens (tertiary/aromatic N) is 5. The van der Waals surface area contributed by atoms with Gasteiger partial charge in [-0.2, -0.15) is 4.31 Å². The molecular formula is C20H22N6O3S. The normalized spacial score (nSPS) is 17.4. The van der Waals surface area contributed by atoms with Gasteiger partial charge in [0.1, 0.15) is 12.1 Å². The highest BCUT2D eigenvalue weighted by Gasteiger charge is 2.31. The number of rotatable bonds is 6. The Balaban J connectivity index is 1.51.